The maximum Gasteiger partial charge on any atom is 0.412 e. The first-order chi connectivity index (χ1) is 18.7. The summed E-state index contributed by atoms with van der Waals surface area (Å²) in [7, 11) is 0. The van der Waals surface area contributed by atoms with Gasteiger partial charge in [0, 0.05) is 37.3 Å². The number of aliphatic carboxylic acids is 2. The van der Waals surface area contributed by atoms with Crippen molar-refractivity contribution in [1.82, 2.24) is 21.3 Å². The Balaban J connectivity index is 1.83. The Bertz CT molecular complexity index is 1380. The van der Waals surface area contributed by atoms with Crippen molar-refractivity contribution in [2.45, 2.75) is 13.3 Å². The third-order valence-electron chi connectivity index (χ3n) is 5.26. The molecule has 2 aromatic carbocycles. The van der Waals surface area contributed by atoms with Crippen molar-refractivity contribution < 1.29 is 48.1 Å². The van der Waals surface area contributed by atoms with Crippen LogP contribution in [0.4, 0.5) is 9.59 Å². The van der Waals surface area contributed by atoms with Crippen LogP contribution in [0.1, 0.15) is 23.9 Å². The standard InChI is InChI=1S/C25H28N4O10/c1-14(30)18-11-17-21(38-25(36)29-10-9-27-13-20(33)34)15-5-2-3-6-16(15)22(23(17)37-18)39-24(35)28-8-4-7-26-12-19(31)32/h2-3,5-6,11,26-27H,4,7-10,12-13H2,1H3,(H,28,35)(H,29,36)(H,31,32)(H,33,34). The lowest BCUT2D eigenvalue weighted by molar-refractivity contribution is -0.136. The van der Waals surface area contributed by atoms with Crippen LogP contribution in [0, 0.1) is 0 Å². The van der Waals surface area contributed by atoms with E-state index >= 15 is 0 Å². The molecule has 39 heavy (non-hydrogen) atoms. The molecule has 1 aromatic heterocycles. The van der Waals surface area contributed by atoms with E-state index in [1.807, 2.05) is 0 Å². The van der Waals surface area contributed by atoms with Crippen LogP contribution >= 0.6 is 0 Å². The lowest BCUT2D eigenvalue weighted by Crippen LogP contribution is -2.35. The van der Waals surface area contributed by atoms with Gasteiger partial charge in [-0.25, -0.2) is 9.59 Å². The van der Waals surface area contributed by atoms with Crippen LogP contribution in [0.25, 0.3) is 21.7 Å². The highest BCUT2D eigenvalue weighted by molar-refractivity contribution is 6.12. The number of amides is 2. The van der Waals surface area contributed by atoms with E-state index in [1.54, 1.807) is 24.3 Å². The lowest BCUT2D eigenvalue weighted by atomic mass is 10.1. The van der Waals surface area contributed by atoms with Crippen LogP contribution < -0.4 is 30.7 Å². The second kappa shape index (κ2) is 13.7. The molecule has 0 spiro atoms. The Labute approximate surface area is 221 Å². The smallest absolute Gasteiger partial charge is 0.412 e. The highest BCUT2D eigenvalue weighted by atomic mass is 16.6. The second-order valence-electron chi connectivity index (χ2n) is 8.24. The third kappa shape index (κ3) is 8.15. The predicted molar refractivity (Wildman–Crippen MR) is 137 cm³/mol. The summed E-state index contributed by atoms with van der Waals surface area (Å²) in [5, 5.41) is 28.7. The number of benzene rings is 2. The fourth-order valence-corrected chi connectivity index (χ4v) is 3.56. The Kier molecular flexibility index (Phi) is 10.2. The van der Waals surface area contributed by atoms with Gasteiger partial charge >= 0.3 is 24.1 Å². The largest absolute Gasteiger partial charge is 0.480 e. The normalized spacial score (nSPS) is 10.8. The van der Waals surface area contributed by atoms with Crippen molar-refractivity contribution in [2.24, 2.45) is 0 Å². The molecule has 3 aromatic rings. The van der Waals surface area contributed by atoms with Gasteiger partial charge in [-0.2, -0.15) is 0 Å². The molecule has 2 amide bonds. The Morgan fingerprint density at radius 1 is 0.769 bits per heavy atom. The number of furan rings is 1. The average molecular weight is 545 g/mol. The fraction of sp³-hybridized carbons (Fsp3) is 0.320. The molecular formula is C25H28N4O10. The minimum Gasteiger partial charge on any atom is -0.480 e. The van der Waals surface area contributed by atoms with E-state index in [-0.39, 0.29) is 61.0 Å². The molecule has 0 saturated carbocycles. The van der Waals surface area contributed by atoms with Crippen molar-refractivity contribution >= 4 is 51.7 Å². The number of carbonyl (C=O) groups excluding carboxylic acids is 3. The number of carboxylic acids is 2. The van der Waals surface area contributed by atoms with Crippen molar-refractivity contribution in [3.8, 4) is 11.5 Å². The van der Waals surface area contributed by atoms with Crippen LogP contribution in [0.2, 0.25) is 0 Å². The predicted octanol–water partition coefficient (Wildman–Crippen LogP) is 1.70. The number of carbonyl (C=O) groups is 5. The molecule has 0 aliphatic carbocycles. The van der Waals surface area contributed by atoms with Crippen molar-refractivity contribution in [3.63, 3.8) is 0 Å². The highest BCUT2D eigenvalue weighted by Gasteiger charge is 2.24. The highest BCUT2D eigenvalue weighted by Crippen LogP contribution is 2.44. The van der Waals surface area contributed by atoms with E-state index in [2.05, 4.69) is 21.3 Å². The van der Waals surface area contributed by atoms with Crippen LogP contribution in [0.3, 0.4) is 0 Å². The molecule has 0 aliphatic rings. The maximum absolute atomic E-state index is 12.6. The Hall–Kier alpha value is -4.69. The van der Waals surface area contributed by atoms with Gasteiger partial charge in [0.25, 0.3) is 0 Å². The molecular weight excluding hydrogens is 516 g/mol. The molecule has 0 aliphatic heterocycles. The number of hydrogen-bond acceptors (Lipinski definition) is 10. The molecule has 14 nitrogen and oxygen atoms in total. The van der Waals surface area contributed by atoms with Gasteiger partial charge in [0.15, 0.2) is 28.6 Å². The molecule has 0 radical (unpaired) electrons. The molecule has 1 heterocycles. The van der Waals surface area contributed by atoms with Crippen LogP contribution in [0.15, 0.2) is 34.7 Å². The molecule has 208 valence electrons. The van der Waals surface area contributed by atoms with Crippen LogP contribution in [-0.2, 0) is 9.59 Å². The van der Waals surface area contributed by atoms with E-state index in [0.29, 0.717) is 23.7 Å². The summed E-state index contributed by atoms with van der Waals surface area (Å²) in [5.41, 5.74) is 0.0168. The summed E-state index contributed by atoms with van der Waals surface area (Å²) in [5.74, 6) is -2.38. The number of carboxylic acid groups (broad SMARTS) is 2. The minimum absolute atomic E-state index is 0.0141. The zero-order valence-corrected chi connectivity index (χ0v) is 21.0. The number of ketones is 1. The van der Waals surface area contributed by atoms with Gasteiger partial charge in [-0.15, -0.1) is 0 Å². The zero-order valence-electron chi connectivity index (χ0n) is 21.0. The molecule has 6 N–H and O–H groups in total. The molecule has 14 heteroatoms. The zero-order chi connectivity index (χ0) is 28.4. The van der Waals surface area contributed by atoms with Crippen LogP contribution in [0.5, 0.6) is 11.5 Å². The summed E-state index contributed by atoms with van der Waals surface area (Å²) in [6.45, 7) is 1.68. The van der Waals surface area contributed by atoms with Crippen molar-refractivity contribution in [3.05, 3.63) is 36.1 Å². The van der Waals surface area contributed by atoms with Gasteiger partial charge in [-0.05, 0) is 19.0 Å². The monoisotopic (exact) mass is 544 g/mol. The summed E-state index contributed by atoms with van der Waals surface area (Å²) in [4.78, 5) is 58.3. The summed E-state index contributed by atoms with van der Waals surface area (Å²) < 4.78 is 16.8. The third-order valence-corrected chi connectivity index (χ3v) is 5.26. The first-order valence-corrected chi connectivity index (χ1v) is 11.9. The van der Waals surface area contributed by atoms with Crippen LogP contribution in [-0.4, -0.2) is 79.4 Å². The summed E-state index contributed by atoms with van der Waals surface area (Å²) in [6, 6.07) is 8.03. The topological polar surface area (TPSA) is 206 Å². The Morgan fingerprint density at radius 2 is 1.33 bits per heavy atom. The van der Waals surface area contributed by atoms with Gasteiger partial charge in [-0.3, -0.25) is 14.4 Å². The SMILES string of the molecule is CC(=O)c1cc2c(OC(=O)NCCNCC(=O)O)c3ccccc3c(OC(=O)NCCCNCC(=O)O)c2o1. The van der Waals surface area contributed by atoms with E-state index in [9.17, 15) is 24.0 Å². The van der Waals surface area contributed by atoms with Gasteiger partial charge in [0.05, 0.1) is 18.5 Å². The van der Waals surface area contributed by atoms with Gasteiger partial charge in [0.2, 0.25) is 0 Å². The van der Waals surface area contributed by atoms with E-state index in [1.165, 1.54) is 13.0 Å². The summed E-state index contributed by atoms with van der Waals surface area (Å²) in [6.07, 6.45) is -1.19. The molecule has 0 atom stereocenters. The molecule has 0 unspecified atom stereocenters. The molecule has 0 bridgehead atoms. The van der Waals surface area contributed by atoms with E-state index < -0.39 is 29.9 Å². The molecule has 0 fully saturated rings. The number of Topliss-reactive ketones (excluding diaryl/α,β-unsaturated/α-hetero) is 1. The number of rotatable bonds is 14. The number of fused-ring (bicyclic) bond motifs is 2. The van der Waals surface area contributed by atoms with E-state index in [0.717, 1.165) is 0 Å². The molecule has 3 rings (SSSR count). The maximum atomic E-state index is 12.6. The fourth-order valence-electron chi connectivity index (χ4n) is 3.56. The van der Waals surface area contributed by atoms with Crippen molar-refractivity contribution in [2.75, 3.05) is 39.3 Å². The Morgan fingerprint density at radius 3 is 1.95 bits per heavy atom. The number of hydrogen-bond donors (Lipinski definition) is 6. The average Bonchev–Trinajstić information content (AvgIpc) is 3.33. The number of ether oxygens (including phenoxy) is 2. The van der Waals surface area contributed by atoms with Gasteiger partial charge in [0.1, 0.15) is 0 Å². The van der Waals surface area contributed by atoms with E-state index in [4.69, 9.17) is 24.1 Å². The second-order valence-corrected chi connectivity index (χ2v) is 8.24. The molecule has 0 saturated heterocycles. The van der Waals surface area contributed by atoms with Crippen molar-refractivity contribution in [1.29, 1.82) is 0 Å². The quantitative estimate of drug-likeness (QED) is 0.127. The first-order valence-electron chi connectivity index (χ1n) is 11.9. The number of nitrogens with one attached hydrogen (secondary N) is 4. The minimum atomic E-state index is -1.03. The lowest BCUT2D eigenvalue weighted by Gasteiger charge is -2.14. The first kappa shape index (κ1) is 28.9. The van der Waals surface area contributed by atoms with Gasteiger partial charge in [-0.1, -0.05) is 24.3 Å². The van der Waals surface area contributed by atoms with Gasteiger partial charge < -0.3 is 45.4 Å². The summed E-state index contributed by atoms with van der Waals surface area (Å²) >= 11 is 0.